The van der Waals surface area contributed by atoms with Gasteiger partial charge in [0.2, 0.25) is 0 Å². The number of anilines is 1. The van der Waals surface area contributed by atoms with Crippen molar-refractivity contribution in [2.24, 2.45) is 5.73 Å². The van der Waals surface area contributed by atoms with E-state index in [1.54, 1.807) is 4.90 Å². The minimum absolute atomic E-state index is 0.172. The number of hydrogen-bond acceptors (Lipinski definition) is 4. The maximum absolute atomic E-state index is 11.0. The molecule has 5 nitrogen and oxygen atoms in total. The van der Waals surface area contributed by atoms with Gasteiger partial charge in [-0.2, -0.15) is 0 Å². The van der Waals surface area contributed by atoms with Gasteiger partial charge in [0.05, 0.1) is 6.54 Å². The molecule has 3 N–H and O–H groups in total. The highest BCUT2D eigenvalue weighted by molar-refractivity contribution is 5.34. The summed E-state index contributed by atoms with van der Waals surface area (Å²) in [7, 11) is 3.64. The van der Waals surface area contributed by atoms with Gasteiger partial charge in [-0.05, 0) is 0 Å². The average Bonchev–Trinajstić information content (AvgIpc) is 2.03. The molecule has 1 aromatic rings. The van der Waals surface area contributed by atoms with Gasteiger partial charge in [0.25, 0.3) is 5.56 Å². The first-order chi connectivity index (χ1) is 5.63. The van der Waals surface area contributed by atoms with E-state index >= 15 is 0 Å². The molecule has 0 aliphatic rings. The summed E-state index contributed by atoms with van der Waals surface area (Å²) in [6, 6.07) is 1.43. The Bertz CT molecular complexity index is 317. The smallest absolute Gasteiger partial charge is 0.253 e. The molecule has 0 radical (unpaired) electrons. The lowest BCUT2D eigenvalue weighted by atomic mass is 10.5. The van der Waals surface area contributed by atoms with Crippen LogP contribution in [0.3, 0.4) is 0 Å². The van der Waals surface area contributed by atoms with Gasteiger partial charge in [-0.1, -0.05) is 0 Å². The van der Waals surface area contributed by atoms with Gasteiger partial charge < -0.3 is 15.6 Å². The normalized spacial score (nSPS) is 9.92. The molecule has 0 unspecified atom stereocenters. The van der Waals surface area contributed by atoms with Crippen LogP contribution in [0.2, 0.25) is 0 Å². The van der Waals surface area contributed by atoms with Crippen LogP contribution in [0.1, 0.15) is 5.82 Å². The minimum Gasteiger partial charge on any atom is -0.363 e. The first kappa shape index (κ1) is 8.73. The summed E-state index contributed by atoms with van der Waals surface area (Å²) in [5, 5.41) is 0. The third-order valence-corrected chi connectivity index (χ3v) is 1.43. The quantitative estimate of drug-likeness (QED) is 0.612. The zero-order valence-electron chi connectivity index (χ0n) is 7.16. The molecule has 0 aromatic carbocycles. The maximum atomic E-state index is 11.0. The summed E-state index contributed by atoms with van der Waals surface area (Å²) in [6.07, 6.45) is 0. The van der Waals surface area contributed by atoms with E-state index in [1.165, 1.54) is 6.07 Å². The Morgan fingerprint density at radius 1 is 1.67 bits per heavy atom. The second-order valence-corrected chi connectivity index (χ2v) is 2.65. The number of nitrogens with two attached hydrogens (primary N) is 1. The van der Waals surface area contributed by atoms with Crippen molar-refractivity contribution in [3.63, 3.8) is 0 Å². The van der Waals surface area contributed by atoms with Crippen LogP contribution in [-0.4, -0.2) is 24.1 Å². The molecule has 12 heavy (non-hydrogen) atoms. The number of nitrogens with one attached hydrogen (secondary N) is 1. The molecule has 66 valence electrons. The largest absolute Gasteiger partial charge is 0.363 e. The van der Waals surface area contributed by atoms with Crippen LogP contribution >= 0.6 is 0 Å². The van der Waals surface area contributed by atoms with Crippen LogP contribution < -0.4 is 16.2 Å². The molecule has 5 heteroatoms. The van der Waals surface area contributed by atoms with E-state index in [2.05, 4.69) is 9.97 Å². The lowest BCUT2D eigenvalue weighted by Crippen LogP contribution is -2.19. The van der Waals surface area contributed by atoms with Crippen molar-refractivity contribution in [3.8, 4) is 0 Å². The second-order valence-electron chi connectivity index (χ2n) is 2.65. The van der Waals surface area contributed by atoms with E-state index in [0.29, 0.717) is 11.6 Å². The number of hydrogen-bond donors (Lipinski definition) is 2. The molecule has 1 heterocycles. The van der Waals surface area contributed by atoms with E-state index in [-0.39, 0.29) is 12.1 Å². The molecule has 0 aliphatic carbocycles. The highest BCUT2D eigenvalue weighted by Gasteiger charge is 2.00. The van der Waals surface area contributed by atoms with E-state index in [0.717, 1.165) is 0 Å². The van der Waals surface area contributed by atoms with Crippen molar-refractivity contribution < 1.29 is 0 Å². The van der Waals surface area contributed by atoms with Crippen LogP contribution in [0, 0.1) is 0 Å². The Labute approximate surface area is 70.2 Å². The minimum atomic E-state index is -0.172. The molecule has 0 saturated carbocycles. The van der Waals surface area contributed by atoms with Gasteiger partial charge in [0.15, 0.2) is 0 Å². The van der Waals surface area contributed by atoms with Crippen LogP contribution in [0.15, 0.2) is 10.9 Å². The molecular formula is C7H12N4O. The number of nitrogens with zero attached hydrogens (tertiary/aromatic N) is 2. The monoisotopic (exact) mass is 168 g/mol. The van der Waals surface area contributed by atoms with Gasteiger partial charge in [-0.15, -0.1) is 0 Å². The standard InChI is InChI=1S/C7H12N4O/c1-11(2)6-3-7(12)10-5(4-8)9-6/h3H,4,8H2,1-2H3,(H,9,10,12). The van der Waals surface area contributed by atoms with Gasteiger partial charge >= 0.3 is 0 Å². The van der Waals surface area contributed by atoms with Crippen molar-refractivity contribution in [1.82, 2.24) is 9.97 Å². The predicted octanol–water partition coefficient (Wildman–Crippen LogP) is -0.705. The van der Waals surface area contributed by atoms with E-state index in [1.807, 2.05) is 14.1 Å². The SMILES string of the molecule is CN(C)c1cc(=O)[nH]c(CN)n1. The summed E-state index contributed by atoms with van der Waals surface area (Å²) < 4.78 is 0. The topological polar surface area (TPSA) is 75.0 Å². The molecular weight excluding hydrogens is 156 g/mol. The van der Waals surface area contributed by atoms with Crippen LogP contribution in [0.25, 0.3) is 0 Å². The van der Waals surface area contributed by atoms with Crippen molar-refractivity contribution in [3.05, 3.63) is 22.2 Å². The van der Waals surface area contributed by atoms with Crippen molar-refractivity contribution in [2.45, 2.75) is 6.54 Å². The lowest BCUT2D eigenvalue weighted by molar-refractivity contribution is 0.877. The van der Waals surface area contributed by atoms with Crippen molar-refractivity contribution in [2.75, 3.05) is 19.0 Å². The predicted molar refractivity (Wildman–Crippen MR) is 47.1 cm³/mol. The van der Waals surface area contributed by atoms with Crippen molar-refractivity contribution >= 4 is 5.82 Å². The summed E-state index contributed by atoms with van der Waals surface area (Å²) in [5.74, 6) is 1.13. The van der Waals surface area contributed by atoms with Gasteiger partial charge in [-0.25, -0.2) is 4.98 Å². The number of aromatic amines is 1. The van der Waals surface area contributed by atoms with E-state index in [4.69, 9.17) is 5.73 Å². The van der Waals surface area contributed by atoms with Gasteiger partial charge in [0, 0.05) is 20.2 Å². The summed E-state index contributed by atoms with van der Waals surface area (Å²) in [6.45, 7) is 0.247. The van der Waals surface area contributed by atoms with Gasteiger partial charge in [-0.3, -0.25) is 4.79 Å². The van der Waals surface area contributed by atoms with Crippen molar-refractivity contribution in [1.29, 1.82) is 0 Å². The molecule has 0 amide bonds. The Balaban J connectivity index is 3.15. The van der Waals surface area contributed by atoms with E-state index in [9.17, 15) is 4.79 Å². The average molecular weight is 168 g/mol. The number of aromatic nitrogens is 2. The van der Waals surface area contributed by atoms with Gasteiger partial charge in [0.1, 0.15) is 11.6 Å². The summed E-state index contributed by atoms with van der Waals surface area (Å²) >= 11 is 0. The molecule has 0 fully saturated rings. The second kappa shape index (κ2) is 3.36. The first-order valence-corrected chi connectivity index (χ1v) is 3.61. The van der Waals surface area contributed by atoms with Crippen LogP contribution in [0.5, 0.6) is 0 Å². The number of H-pyrrole nitrogens is 1. The third-order valence-electron chi connectivity index (χ3n) is 1.43. The summed E-state index contributed by atoms with van der Waals surface area (Å²) in [5.41, 5.74) is 5.16. The molecule has 1 aromatic heterocycles. The molecule has 0 bridgehead atoms. The maximum Gasteiger partial charge on any atom is 0.253 e. The fraction of sp³-hybridized carbons (Fsp3) is 0.429. The Kier molecular flexibility index (Phi) is 2.44. The Morgan fingerprint density at radius 3 is 2.83 bits per heavy atom. The molecule has 1 rings (SSSR count). The lowest BCUT2D eigenvalue weighted by Gasteiger charge is -2.10. The fourth-order valence-corrected chi connectivity index (χ4v) is 0.820. The Morgan fingerprint density at radius 2 is 2.33 bits per heavy atom. The zero-order valence-corrected chi connectivity index (χ0v) is 7.16. The van der Waals surface area contributed by atoms with E-state index < -0.39 is 0 Å². The highest BCUT2D eigenvalue weighted by Crippen LogP contribution is 2.01. The zero-order chi connectivity index (χ0) is 9.14. The highest BCUT2D eigenvalue weighted by atomic mass is 16.1. The molecule has 0 saturated heterocycles. The van der Waals surface area contributed by atoms with Crippen LogP contribution in [0.4, 0.5) is 5.82 Å². The van der Waals surface area contributed by atoms with Crippen LogP contribution in [-0.2, 0) is 6.54 Å². The fourth-order valence-electron chi connectivity index (χ4n) is 0.820. The molecule has 0 atom stereocenters. The first-order valence-electron chi connectivity index (χ1n) is 3.61. The number of rotatable bonds is 2. The summed E-state index contributed by atoms with van der Waals surface area (Å²) in [4.78, 5) is 19.4. The molecule has 0 spiro atoms. The molecule has 0 aliphatic heterocycles. The Hall–Kier alpha value is -1.36. The third kappa shape index (κ3) is 1.82.